The van der Waals surface area contributed by atoms with E-state index in [9.17, 15) is 0 Å². The van der Waals surface area contributed by atoms with E-state index in [1.165, 1.54) is 0 Å². The molecule has 0 bridgehead atoms. The number of anilines is 5. The summed E-state index contributed by atoms with van der Waals surface area (Å²) in [6.45, 7) is 19.1. The van der Waals surface area contributed by atoms with Crippen molar-refractivity contribution in [1.29, 1.82) is 0 Å². The Bertz CT molecular complexity index is 1540. The Balaban J connectivity index is 1.56. The summed E-state index contributed by atoms with van der Waals surface area (Å²) in [6.07, 6.45) is 0. The number of ether oxygens (including phenoxy) is 1. The summed E-state index contributed by atoms with van der Waals surface area (Å²) in [5, 5.41) is 0. The molecule has 0 amide bonds. The van der Waals surface area contributed by atoms with E-state index in [2.05, 4.69) is 51.5 Å². The lowest BCUT2D eigenvalue weighted by molar-refractivity contribution is 0.476. The van der Waals surface area contributed by atoms with Gasteiger partial charge in [-0.1, -0.05) is 42.5 Å². The average molecular weight is 441 g/mol. The molecule has 2 heterocycles. The highest BCUT2D eigenvalue weighted by molar-refractivity contribution is 6.03. The quantitative estimate of drug-likeness (QED) is 0.256. The minimum absolute atomic E-state index is 0.230. The van der Waals surface area contributed by atoms with Gasteiger partial charge in [0, 0.05) is 6.04 Å². The molecule has 0 radical (unpaired) electrons. The normalized spacial score (nSPS) is 12.7. The molecule has 0 aromatic heterocycles. The van der Waals surface area contributed by atoms with Crippen molar-refractivity contribution in [1.82, 2.24) is 0 Å². The minimum Gasteiger partial charge on any atom is -0.453 e. The molecule has 162 valence electrons. The molecule has 5 heteroatoms. The maximum absolute atomic E-state index is 7.57. The second-order valence-corrected chi connectivity index (χ2v) is 8.65. The van der Waals surface area contributed by atoms with Crippen LogP contribution in [-0.2, 0) is 0 Å². The van der Waals surface area contributed by atoms with Crippen LogP contribution in [0.5, 0.6) is 11.5 Å². The monoisotopic (exact) mass is 440 g/mol. The van der Waals surface area contributed by atoms with Gasteiger partial charge in [-0.15, -0.1) is 0 Å². The second kappa shape index (κ2) is 7.40. The number of para-hydroxylation sites is 1. The largest absolute Gasteiger partial charge is 0.453 e. The Morgan fingerprint density at radius 2 is 1.38 bits per heavy atom. The Hall–Kier alpha value is -4.74. The molecule has 0 fully saturated rings. The smallest absolute Gasteiger partial charge is 0.189 e. The molecule has 0 aliphatic carbocycles. The van der Waals surface area contributed by atoms with Crippen LogP contribution in [0.2, 0.25) is 0 Å². The van der Waals surface area contributed by atoms with Gasteiger partial charge in [-0.05, 0) is 61.4 Å². The minimum atomic E-state index is 0.230. The third kappa shape index (κ3) is 2.85. The molecule has 0 atom stereocenters. The predicted octanol–water partition coefficient (Wildman–Crippen LogP) is 8.89. The standard InChI is InChI=1S/C29H20N4O/c1-18(2)32-23-15-13-22(31-4)17-26(23)33-24-14-10-20(19-8-11-21(30-3)12-9-19)16-28(24)34-27-7-5-6-25(32)29(27)33/h5-18H,1-2H3. The molecular formula is C29H20N4O. The molecule has 0 saturated heterocycles. The molecule has 4 aromatic rings. The summed E-state index contributed by atoms with van der Waals surface area (Å²) in [6, 6.07) is 26.0. The molecule has 4 aromatic carbocycles. The first kappa shape index (κ1) is 19.9. The molecule has 0 N–H and O–H groups in total. The van der Waals surface area contributed by atoms with Crippen molar-refractivity contribution in [3.05, 3.63) is 102 Å². The first-order valence-corrected chi connectivity index (χ1v) is 11.1. The first-order chi connectivity index (χ1) is 16.6. The fourth-order valence-corrected chi connectivity index (χ4v) is 4.84. The topological polar surface area (TPSA) is 24.4 Å². The van der Waals surface area contributed by atoms with Gasteiger partial charge in [-0.25, -0.2) is 9.69 Å². The molecule has 5 nitrogen and oxygen atoms in total. The van der Waals surface area contributed by atoms with Gasteiger partial charge in [-0.3, -0.25) is 0 Å². The van der Waals surface area contributed by atoms with Crippen LogP contribution in [0.3, 0.4) is 0 Å². The number of hydrogen-bond donors (Lipinski definition) is 0. The van der Waals surface area contributed by atoms with Gasteiger partial charge in [0.25, 0.3) is 0 Å². The number of fused-ring (bicyclic) bond motifs is 4. The summed E-state index contributed by atoms with van der Waals surface area (Å²) in [7, 11) is 0. The van der Waals surface area contributed by atoms with Crippen LogP contribution in [0.4, 0.5) is 39.8 Å². The SMILES string of the molecule is [C-]#[N+]c1ccc(-c2ccc3c(c2)Oc2cccc4c2N3c2cc([N+]#[C-])ccc2N4C(C)C)cc1. The van der Waals surface area contributed by atoms with Gasteiger partial charge in [-0.2, -0.15) is 0 Å². The summed E-state index contributed by atoms with van der Waals surface area (Å²) in [5.74, 6) is 1.54. The molecule has 34 heavy (non-hydrogen) atoms. The van der Waals surface area contributed by atoms with Gasteiger partial charge in [0.2, 0.25) is 0 Å². The molecule has 2 aliphatic heterocycles. The van der Waals surface area contributed by atoms with Crippen LogP contribution in [0.1, 0.15) is 13.8 Å². The Labute approximate surface area is 198 Å². The van der Waals surface area contributed by atoms with Gasteiger partial charge < -0.3 is 14.5 Å². The Morgan fingerprint density at radius 1 is 0.676 bits per heavy atom. The van der Waals surface area contributed by atoms with E-state index in [1.807, 2.05) is 60.7 Å². The summed E-state index contributed by atoms with van der Waals surface area (Å²) in [5.41, 5.74) is 8.33. The van der Waals surface area contributed by atoms with E-state index < -0.39 is 0 Å². The predicted molar refractivity (Wildman–Crippen MR) is 136 cm³/mol. The van der Waals surface area contributed by atoms with Crippen LogP contribution in [0.25, 0.3) is 20.8 Å². The van der Waals surface area contributed by atoms with Gasteiger partial charge in [0.05, 0.1) is 35.9 Å². The van der Waals surface area contributed by atoms with E-state index in [0.29, 0.717) is 11.4 Å². The van der Waals surface area contributed by atoms with E-state index >= 15 is 0 Å². The van der Waals surface area contributed by atoms with Crippen molar-refractivity contribution < 1.29 is 4.74 Å². The fourth-order valence-electron chi connectivity index (χ4n) is 4.84. The highest BCUT2D eigenvalue weighted by Crippen LogP contribution is 2.61. The van der Waals surface area contributed by atoms with Crippen LogP contribution in [-0.4, -0.2) is 6.04 Å². The van der Waals surface area contributed by atoms with Gasteiger partial charge in [0.1, 0.15) is 5.69 Å². The number of benzene rings is 4. The zero-order valence-corrected chi connectivity index (χ0v) is 18.8. The third-order valence-electron chi connectivity index (χ3n) is 6.32. The van der Waals surface area contributed by atoms with E-state index in [1.54, 1.807) is 0 Å². The molecule has 6 rings (SSSR count). The highest BCUT2D eigenvalue weighted by atomic mass is 16.5. The Morgan fingerprint density at radius 3 is 2.12 bits per heavy atom. The van der Waals surface area contributed by atoms with Crippen molar-refractivity contribution in [2.45, 2.75) is 19.9 Å². The zero-order chi connectivity index (χ0) is 23.4. The first-order valence-electron chi connectivity index (χ1n) is 11.1. The molecular weight excluding hydrogens is 420 g/mol. The summed E-state index contributed by atoms with van der Waals surface area (Å²) < 4.78 is 6.45. The molecule has 2 aliphatic rings. The fraction of sp³-hybridized carbons (Fsp3) is 0.103. The zero-order valence-electron chi connectivity index (χ0n) is 18.8. The molecule has 0 spiro atoms. The van der Waals surface area contributed by atoms with Crippen molar-refractivity contribution in [2.75, 3.05) is 9.80 Å². The maximum Gasteiger partial charge on any atom is 0.189 e. The van der Waals surface area contributed by atoms with Crippen LogP contribution >= 0.6 is 0 Å². The number of rotatable bonds is 2. The van der Waals surface area contributed by atoms with Crippen molar-refractivity contribution in [3.63, 3.8) is 0 Å². The second-order valence-electron chi connectivity index (χ2n) is 8.65. The summed E-state index contributed by atoms with van der Waals surface area (Å²) in [4.78, 5) is 11.7. The number of nitrogens with zero attached hydrogens (tertiary/aromatic N) is 4. The van der Waals surface area contributed by atoms with Crippen LogP contribution in [0.15, 0.2) is 78.9 Å². The van der Waals surface area contributed by atoms with Crippen LogP contribution < -0.4 is 14.5 Å². The highest BCUT2D eigenvalue weighted by Gasteiger charge is 2.37. The maximum atomic E-state index is 7.57. The van der Waals surface area contributed by atoms with E-state index in [0.717, 1.165) is 51.1 Å². The number of hydrogen-bond acceptors (Lipinski definition) is 3. The van der Waals surface area contributed by atoms with Crippen molar-refractivity contribution in [2.24, 2.45) is 0 Å². The van der Waals surface area contributed by atoms with E-state index in [4.69, 9.17) is 17.9 Å². The van der Waals surface area contributed by atoms with Crippen molar-refractivity contribution in [3.8, 4) is 22.6 Å². The van der Waals surface area contributed by atoms with Gasteiger partial charge in [0.15, 0.2) is 22.9 Å². The molecule has 0 unspecified atom stereocenters. The lowest BCUT2D eigenvalue weighted by Crippen LogP contribution is -2.33. The van der Waals surface area contributed by atoms with E-state index in [-0.39, 0.29) is 6.04 Å². The third-order valence-corrected chi connectivity index (χ3v) is 6.32. The van der Waals surface area contributed by atoms with Gasteiger partial charge >= 0.3 is 0 Å². The van der Waals surface area contributed by atoms with Crippen molar-refractivity contribution >= 4 is 39.8 Å². The lowest BCUT2D eigenvalue weighted by atomic mass is 9.99. The Kier molecular flexibility index (Phi) is 4.33. The molecule has 0 saturated carbocycles. The lowest BCUT2D eigenvalue weighted by Gasteiger charge is -2.45. The average Bonchev–Trinajstić information content (AvgIpc) is 2.87. The van der Waals surface area contributed by atoms with Crippen LogP contribution in [0, 0.1) is 13.1 Å². The summed E-state index contributed by atoms with van der Waals surface area (Å²) >= 11 is 0.